The molecule has 0 aliphatic rings. The molecule has 0 radical (unpaired) electrons. The molecule has 4 aromatic rings. The van der Waals surface area contributed by atoms with Crippen molar-refractivity contribution in [2.24, 2.45) is 0 Å². The minimum atomic E-state index is 0.651. The third kappa shape index (κ3) is 3.79. The van der Waals surface area contributed by atoms with E-state index >= 15 is 0 Å². The van der Waals surface area contributed by atoms with Gasteiger partial charge in [0.25, 0.3) is 0 Å². The molecule has 4 rings (SSSR count). The highest BCUT2D eigenvalue weighted by Crippen LogP contribution is 2.39. The SMILES string of the molecule is COc1ccc(OC)c(-c2csc(Nc3nc4cc(OC)c(OC)cc4s3)n2)c1. The van der Waals surface area contributed by atoms with Gasteiger partial charge in [-0.1, -0.05) is 11.3 Å². The molecule has 0 saturated carbocycles. The Bertz CT molecular complexity index is 1120. The van der Waals surface area contributed by atoms with Crippen molar-refractivity contribution < 1.29 is 18.9 Å². The summed E-state index contributed by atoms with van der Waals surface area (Å²) in [7, 11) is 6.50. The van der Waals surface area contributed by atoms with E-state index in [1.807, 2.05) is 35.7 Å². The number of benzene rings is 2. The number of aromatic nitrogens is 2. The van der Waals surface area contributed by atoms with Gasteiger partial charge in [-0.3, -0.25) is 0 Å². The van der Waals surface area contributed by atoms with Gasteiger partial charge in [0.15, 0.2) is 21.8 Å². The minimum absolute atomic E-state index is 0.651. The van der Waals surface area contributed by atoms with E-state index in [1.54, 1.807) is 28.4 Å². The average Bonchev–Trinajstić information content (AvgIpc) is 3.38. The number of hydrogen-bond acceptors (Lipinski definition) is 9. The van der Waals surface area contributed by atoms with Gasteiger partial charge in [-0.25, -0.2) is 9.97 Å². The molecule has 2 aromatic heterocycles. The van der Waals surface area contributed by atoms with Crippen molar-refractivity contribution in [1.82, 2.24) is 9.97 Å². The van der Waals surface area contributed by atoms with Crippen LogP contribution in [0.15, 0.2) is 35.7 Å². The fourth-order valence-corrected chi connectivity index (χ4v) is 4.52. The van der Waals surface area contributed by atoms with E-state index in [-0.39, 0.29) is 0 Å². The molecule has 0 spiro atoms. The van der Waals surface area contributed by atoms with Crippen molar-refractivity contribution in [2.45, 2.75) is 0 Å². The van der Waals surface area contributed by atoms with Crippen LogP contribution in [-0.2, 0) is 0 Å². The molecule has 7 nitrogen and oxygen atoms in total. The van der Waals surface area contributed by atoms with Gasteiger partial charge in [0.05, 0.1) is 44.3 Å². The van der Waals surface area contributed by atoms with Gasteiger partial charge in [-0.05, 0) is 18.2 Å². The maximum absolute atomic E-state index is 5.46. The van der Waals surface area contributed by atoms with Gasteiger partial charge in [0.2, 0.25) is 0 Å². The summed E-state index contributed by atoms with van der Waals surface area (Å²) in [6, 6.07) is 9.43. The summed E-state index contributed by atoms with van der Waals surface area (Å²) in [5.74, 6) is 2.81. The van der Waals surface area contributed by atoms with E-state index in [0.29, 0.717) is 11.5 Å². The van der Waals surface area contributed by atoms with Crippen LogP contribution in [0, 0.1) is 0 Å². The third-order valence-electron chi connectivity index (χ3n) is 4.29. The van der Waals surface area contributed by atoms with Crippen LogP contribution in [0.2, 0.25) is 0 Å². The molecule has 0 bridgehead atoms. The fourth-order valence-electron chi connectivity index (χ4n) is 2.87. The lowest BCUT2D eigenvalue weighted by Gasteiger charge is -2.08. The monoisotopic (exact) mass is 429 g/mol. The molecule has 0 aliphatic carbocycles. The number of rotatable bonds is 7. The lowest BCUT2D eigenvalue weighted by molar-refractivity contribution is 0.356. The van der Waals surface area contributed by atoms with Crippen molar-refractivity contribution in [2.75, 3.05) is 33.8 Å². The Hall–Kier alpha value is -3.04. The molecule has 0 saturated heterocycles. The molecule has 0 fully saturated rings. The largest absolute Gasteiger partial charge is 0.497 e. The summed E-state index contributed by atoms with van der Waals surface area (Å²) in [6.07, 6.45) is 0. The maximum Gasteiger partial charge on any atom is 0.190 e. The second-order valence-corrected chi connectivity index (χ2v) is 7.81. The number of thiazole rings is 2. The number of fused-ring (bicyclic) bond motifs is 1. The smallest absolute Gasteiger partial charge is 0.190 e. The molecule has 0 amide bonds. The van der Waals surface area contributed by atoms with Gasteiger partial charge < -0.3 is 24.3 Å². The van der Waals surface area contributed by atoms with Crippen LogP contribution >= 0.6 is 22.7 Å². The number of ether oxygens (including phenoxy) is 4. The highest BCUT2D eigenvalue weighted by molar-refractivity contribution is 7.22. The standard InChI is InChI=1S/C20H19N3O4S2/c1-24-11-5-6-15(25-2)12(7-11)14-10-28-19(22-14)23-20-21-13-8-16(26-3)17(27-4)9-18(13)29-20/h5-10H,1-4H3,(H,21,22,23). The molecule has 29 heavy (non-hydrogen) atoms. The second-order valence-electron chi connectivity index (χ2n) is 5.92. The van der Waals surface area contributed by atoms with Gasteiger partial charge in [0, 0.05) is 23.1 Å². The zero-order chi connectivity index (χ0) is 20.4. The normalized spacial score (nSPS) is 10.8. The summed E-state index contributed by atoms with van der Waals surface area (Å²) in [6.45, 7) is 0. The molecular weight excluding hydrogens is 410 g/mol. The first-order chi connectivity index (χ1) is 14.1. The van der Waals surface area contributed by atoms with E-state index < -0.39 is 0 Å². The molecule has 0 unspecified atom stereocenters. The topological polar surface area (TPSA) is 74.7 Å². The summed E-state index contributed by atoms with van der Waals surface area (Å²) in [5, 5.41) is 6.74. The van der Waals surface area contributed by atoms with Crippen LogP contribution in [0.3, 0.4) is 0 Å². The molecule has 2 heterocycles. The fraction of sp³-hybridized carbons (Fsp3) is 0.200. The molecule has 1 N–H and O–H groups in total. The lowest BCUT2D eigenvalue weighted by atomic mass is 10.1. The van der Waals surface area contributed by atoms with Crippen LogP contribution in [0.25, 0.3) is 21.5 Å². The van der Waals surface area contributed by atoms with Crippen LogP contribution in [0.4, 0.5) is 10.3 Å². The number of nitrogens with one attached hydrogen (secondary N) is 1. The first-order valence-corrected chi connectivity index (χ1v) is 10.3. The summed E-state index contributed by atoms with van der Waals surface area (Å²) < 4.78 is 22.5. The Morgan fingerprint density at radius 2 is 1.55 bits per heavy atom. The van der Waals surface area contributed by atoms with Crippen molar-refractivity contribution in [3.05, 3.63) is 35.7 Å². The molecular formula is C20H19N3O4S2. The highest BCUT2D eigenvalue weighted by Gasteiger charge is 2.14. The van der Waals surface area contributed by atoms with E-state index in [9.17, 15) is 0 Å². The Balaban J connectivity index is 1.63. The van der Waals surface area contributed by atoms with Gasteiger partial charge in [-0.15, -0.1) is 11.3 Å². The van der Waals surface area contributed by atoms with Crippen LogP contribution in [0.5, 0.6) is 23.0 Å². The molecule has 2 aromatic carbocycles. The second kappa shape index (κ2) is 8.14. The quantitative estimate of drug-likeness (QED) is 0.433. The van der Waals surface area contributed by atoms with E-state index in [1.165, 1.54) is 22.7 Å². The Morgan fingerprint density at radius 1 is 0.793 bits per heavy atom. The Morgan fingerprint density at radius 3 is 2.28 bits per heavy atom. The molecule has 150 valence electrons. The van der Waals surface area contributed by atoms with Gasteiger partial charge in [-0.2, -0.15) is 0 Å². The molecule has 0 aliphatic heterocycles. The average molecular weight is 430 g/mol. The maximum atomic E-state index is 5.46. The number of nitrogens with zero attached hydrogens (tertiary/aromatic N) is 2. The van der Waals surface area contributed by atoms with Crippen molar-refractivity contribution in [3.8, 4) is 34.3 Å². The number of anilines is 2. The summed E-state index contributed by atoms with van der Waals surface area (Å²) >= 11 is 3.02. The van der Waals surface area contributed by atoms with Crippen LogP contribution in [0.1, 0.15) is 0 Å². The minimum Gasteiger partial charge on any atom is -0.497 e. The number of hydrogen-bond donors (Lipinski definition) is 1. The third-order valence-corrected chi connectivity index (χ3v) is 5.99. The van der Waals surface area contributed by atoms with Gasteiger partial charge >= 0.3 is 0 Å². The summed E-state index contributed by atoms with van der Waals surface area (Å²) in [4.78, 5) is 9.32. The van der Waals surface area contributed by atoms with Crippen LogP contribution in [-0.4, -0.2) is 38.4 Å². The highest BCUT2D eigenvalue weighted by atomic mass is 32.1. The molecule has 0 atom stereocenters. The van der Waals surface area contributed by atoms with E-state index in [0.717, 1.165) is 43.2 Å². The van der Waals surface area contributed by atoms with E-state index in [4.69, 9.17) is 18.9 Å². The van der Waals surface area contributed by atoms with E-state index in [2.05, 4.69) is 15.3 Å². The predicted molar refractivity (Wildman–Crippen MR) is 117 cm³/mol. The van der Waals surface area contributed by atoms with Crippen LogP contribution < -0.4 is 24.3 Å². The zero-order valence-corrected chi connectivity index (χ0v) is 17.9. The van der Waals surface area contributed by atoms with Crippen molar-refractivity contribution in [1.29, 1.82) is 0 Å². The lowest BCUT2D eigenvalue weighted by Crippen LogP contribution is -1.92. The Labute approximate surface area is 175 Å². The van der Waals surface area contributed by atoms with Gasteiger partial charge in [0.1, 0.15) is 11.5 Å². The predicted octanol–water partition coefficient (Wildman–Crippen LogP) is 5.20. The zero-order valence-electron chi connectivity index (χ0n) is 16.3. The Kier molecular flexibility index (Phi) is 5.41. The summed E-state index contributed by atoms with van der Waals surface area (Å²) in [5.41, 5.74) is 2.51. The van der Waals surface area contributed by atoms with Crippen molar-refractivity contribution >= 4 is 43.2 Å². The van der Waals surface area contributed by atoms with Crippen molar-refractivity contribution in [3.63, 3.8) is 0 Å². The first-order valence-electron chi connectivity index (χ1n) is 8.62. The number of methoxy groups -OCH3 is 4. The first kappa shape index (κ1) is 19.3. The molecule has 9 heteroatoms.